The Morgan fingerprint density at radius 3 is 2.61 bits per heavy atom. The summed E-state index contributed by atoms with van der Waals surface area (Å²) in [7, 11) is 0. The minimum atomic E-state index is -0.426. The molecule has 1 aliphatic heterocycles. The number of ketones is 1. The Balaban J connectivity index is 1.79. The van der Waals surface area contributed by atoms with Gasteiger partial charge in [0.15, 0.2) is 5.78 Å². The van der Waals surface area contributed by atoms with E-state index in [0.29, 0.717) is 11.3 Å². The van der Waals surface area contributed by atoms with E-state index in [4.69, 9.17) is 4.74 Å². The fraction of sp³-hybridized carbons (Fsp3) is 0.240. The SMILES string of the molecule is CC(C)=CCCC1(C)C=Cc2c(ccc(C(=O)/C=C/c3ccccc3)c2O)O1. The summed E-state index contributed by atoms with van der Waals surface area (Å²) >= 11 is 0. The zero-order valence-corrected chi connectivity index (χ0v) is 16.6. The Morgan fingerprint density at radius 2 is 1.89 bits per heavy atom. The third-order valence-electron chi connectivity index (χ3n) is 4.81. The molecule has 0 amide bonds. The molecular weight excluding hydrogens is 348 g/mol. The maximum absolute atomic E-state index is 12.5. The molecule has 1 atom stereocenters. The van der Waals surface area contributed by atoms with Gasteiger partial charge in [-0.2, -0.15) is 0 Å². The molecule has 2 aromatic rings. The number of aromatic hydroxyl groups is 1. The number of hydrogen-bond acceptors (Lipinski definition) is 3. The van der Waals surface area contributed by atoms with Crippen LogP contribution in [0, 0.1) is 0 Å². The van der Waals surface area contributed by atoms with Crippen molar-refractivity contribution in [1.29, 1.82) is 0 Å². The Kier molecular flexibility index (Phi) is 5.84. The summed E-state index contributed by atoms with van der Waals surface area (Å²) in [4.78, 5) is 12.5. The number of ether oxygens (including phenoxy) is 1. The minimum absolute atomic E-state index is 0.0391. The van der Waals surface area contributed by atoms with Gasteiger partial charge in [0.1, 0.15) is 17.1 Å². The predicted molar refractivity (Wildman–Crippen MR) is 115 cm³/mol. The number of rotatable bonds is 6. The molecule has 3 nitrogen and oxygen atoms in total. The number of phenols is 1. The standard InChI is InChI=1S/C25H26O3/c1-18(2)8-7-16-25(3)17-15-21-23(28-25)14-12-20(24(21)27)22(26)13-11-19-9-5-4-6-10-19/h4-6,8-15,17,27H,7,16H2,1-3H3/b13-11+. The highest BCUT2D eigenvalue weighted by atomic mass is 16.5. The van der Waals surface area contributed by atoms with E-state index >= 15 is 0 Å². The number of benzene rings is 2. The number of carbonyl (C=O) groups excluding carboxylic acids is 1. The first-order valence-corrected chi connectivity index (χ1v) is 9.53. The number of carbonyl (C=O) groups is 1. The minimum Gasteiger partial charge on any atom is -0.506 e. The molecule has 28 heavy (non-hydrogen) atoms. The van der Waals surface area contributed by atoms with E-state index in [9.17, 15) is 9.90 Å². The lowest BCUT2D eigenvalue weighted by Gasteiger charge is -2.32. The normalized spacial score (nSPS) is 17.8. The topological polar surface area (TPSA) is 46.5 Å². The van der Waals surface area contributed by atoms with Crippen molar-refractivity contribution in [3.63, 3.8) is 0 Å². The Hall–Kier alpha value is -3.07. The molecule has 0 spiro atoms. The van der Waals surface area contributed by atoms with Gasteiger partial charge in [0.2, 0.25) is 0 Å². The molecule has 0 saturated carbocycles. The van der Waals surface area contributed by atoms with Gasteiger partial charge < -0.3 is 9.84 Å². The molecule has 3 heteroatoms. The van der Waals surface area contributed by atoms with Crippen molar-refractivity contribution >= 4 is 17.9 Å². The first-order valence-electron chi connectivity index (χ1n) is 9.53. The van der Waals surface area contributed by atoms with Crippen LogP contribution >= 0.6 is 0 Å². The average Bonchev–Trinajstić information content (AvgIpc) is 2.66. The third kappa shape index (κ3) is 4.61. The fourth-order valence-corrected chi connectivity index (χ4v) is 3.19. The van der Waals surface area contributed by atoms with Crippen molar-refractivity contribution in [2.75, 3.05) is 0 Å². The molecule has 0 aromatic heterocycles. The second-order valence-electron chi connectivity index (χ2n) is 7.55. The maximum atomic E-state index is 12.5. The highest BCUT2D eigenvalue weighted by Gasteiger charge is 2.29. The van der Waals surface area contributed by atoms with Crippen LogP contribution in [0.25, 0.3) is 12.2 Å². The molecule has 0 radical (unpaired) electrons. The van der Waals surface area contributed by atoms with E-state index in [1.165, 1.54) is 11.6 Å². The molecule has 0 saturated heterocycles. The van der Waals surface area contributed by atoms with Crippen molar-refractivity contribution in [2.45, 2.75) is 39.2 Å². The summed E-state index contributed by atoms with van der Waals surface area (Å²) in [5, 5.41) is 10.6. The lowest BCUT2D eigenvalue weighted by atomic mass is 9.93. The Morgan fingerprint density at radius 1 is 1.14 bits per heavy atom. The van der Waals surface area contributed by atoms with Crippen LogP contribution < -0.4 is 4.74 Å². The summed E-state index contributed by atoms with van der Waals surface area (Å²) in [6.07, 6.45) is 11.0. The van der Waals surface area contributed by atoms with Crippen LogP contribution in [0.3, 0.4) is 0 Å². The monoisotopic (exact) mass is 374 g/mol. The van der Waals surface area contributed by atoms with Gasteiger partial charge in [0.25, 0.3) is 0 Å². The number of allylic oxidation sites excluding steroid dienone is 3. The second-order valence-corrected chi connectivity index (χ2v) is 7.55. The number of fused-ring (bicyclic) bond motifs is 1. The van der Waals surface area contributed by atoms with Gasteiger partial charge in [-0.3, -0.25) is 4.79 Å². The van der Waals surface area contributed by atoms with Gasteiger partial charge in [-0.05, 0) is 69.5 Å². The molecule has 3 rings (SSSR count). The summed E-state index contributed by atoms with van der Waals surface area (Å²) in [5.74, 6) is 0.320. The zero-order chi connectivity index (χ0) is 20.1. The fourth-order valence-electron chi connectivity index (χ4n) is 3.19. The lowest BCUT2D eigenvalue weighted by molar-refractivity contribution is 0.104. The van der Waals surface area contributed by atoms with Gasteiger partial charge in [0.05, 0.1) is 11.1 Å². The summed E-state index contributed by atoms with van der Waals surface area (Å²) in [6.45, 7) is 6.19. The van der Waals surface area contributed by atoms with Gasteiger partial charge in [0, 0.05) is 0 Å². The van der Waals surface area contributed by atoms with Crippen LogP contribution in [0.4, 0.5) is 0 Å². The molecule has 1 aliphatic rings. The molecular formula is C25H26O3. The molecule has 0 bridgehead atoms. The van der Waals surface area contributed by atoms with Crippen molar-refractivity contribution < 1.29 is 14.6 Å². The van der Waals surface area contributed by atoms with Crippen molar-refractivity contribution in [3.8, 4) is 11.5 Å². The molecule has 1 heterocycles. The third-order valence-corrected chi connectivity index (χ3v) is 4.81. The van der Waals surface area contributed by atoms with Crippen LogP contribution in [0.1, 0.15) is 55.1 Å². The van der Waals surface area contributed by atoms with Crippen LogP contribution in [-0.4, -0.2) is 16.5 Å². The lowest BCUT2D eigenvalue weighted by Crippen LogP contribution is -2.31. The van der Waals surface area contributed by atoms with Crippen LogP contribution in [-0.2, 0) is 0 Å². The second kappa shape index (κ2) is 8.30. The van der Waals surface area contributed by atoms with Gasteiger partial charge in [-0.1, -0.05) is 48.1 Å². The highest BCUT2D eigenvalue weighted by Crippen LogP contribution is 2.40. The Labute approximate surface area is 166 Å². The summed E-state index contributed by atoms with van der Waals surface area (Å²) in [5.41, 5.74) is 2.62. The first kappa shape index (κ1) is 19.7. The van der Waals surface area contributed by atoms with Crippen LogP contribution in [0.5, 0.6) is 11.5 Å². The first-order chi connectivity index (χ1) is 13.4. The van der Waals surface area contributed by atoms with E-state index in [0.717, 1.165) is 18.4 Å². The molecule has 0 aliphatic carbocycles. The molecule has 2 aromatic carbocycles. The largest absolute Gasteiger partial charge is 0.506 e. The average molecular weight is 374 g/mol. The molecule has 1 unspecified atom stereocenters. The quantitative estimate of drug-likeness (QED) is 0.372. The molecule has 0 fully saturated rings. The van der Waals surface area contributed by atoms with Crippen LogP contribution in [0.15, 0.2) is 66.3 Å². The van der Waals surface area contributed by atoms with Crippen LogP contribution in [0.2, 0.25) is 0 Å². The number of hydrogen-bond donors (Lipinski definition) is 1. The van der Waals surface area contributed by atoms with Gasteiger partial charge in [-0.15, -0.1) is 0 Å². The van der Waals surface area contributed by atoms with Crippen molar-refractivity contribution in [1.82, 2.24) is 0 Å². The van der Waals surface area contributed by atoms with Crippen molar-refractivity contribution in [2.24, 2.45) is 0 Å². The van der Waals surface area contributed by atoms with Crippen molar-refractivity contribution in [3.05, 3.63) is 83.0 Å². The van der Waals surface area contributed by atoms with E-state index in [1.807, 2.05) is 49.4 Å². The van der Waals surface area contributed by atoms with E-state index in [2.05, 4.69) is 19.9 Å². The highest BCUT2D eigenvalue weighted by molar-refractivity contribution is 6.09. The Bertz CT molecular complexity index is 947. The van der Waals surface area contributed by atoms with Gasteiger partial charge in [-0.25, -0.2) is 0 Å². The summed E-state index contributed by atoms with van der Waals surface area (Å²) < 4.78 is 6.14. The zero-order valence-electron chi connectivity index (χ0n) is 16.6. The summed E-state index contributed by atoms with van der Waals surface area (Å²) in [6, 6.07) is 13.0. The molecule has 1 N–H and O–H groups in total. The van der Waals surface area contributed by atoms with E-state index in [1.54, 1.807) is 18.2 Å². The van der Waals surface area contributed by atoms with E-state index < -0.39 is 5.60 Å². The molecule has 144 valence electrons. The van der Waals surface area contributed by atoms with E-state index in [-0.39, 0.29) is 17.1 Å². The number of phenolic OH excluding ortho intramolecular Hbond substituents is 1. The van der Waals surface area contributed by atoms with Gasteiger partial charge >= 0.3 is 0 Å². The predicted octanol–water partition coefficient (Wildman–Crippen LogP) is 6.20. The maximum Gasteiger partial charge on any atom is 0.189 e. The smallest absolute Gasteiger partial charge is 0.189 e.